The molecule has 0 bridgehead atoms. The normalized spacial score (nSPS) is 17.5. The fourth-order valence-corrected chi connectivity index (χ4v) is 3.71. The Labute approximate surface area is 144 Å². The van der Waals surface area contributed by atoms with Gasteiger partial charge >= 0.3 is 0 Å². The van der Waals surface area contributed by atoms with Gasteiger partial charge in [-0.2, -0.15) is 0 Å². The minimum atomic E-state index is 0.868. The lowest BCUT2D eigenvalue weighted by Gasteiger charge is -2.30. The van der Waals surface area contributed by atoms with E-state index in [9.17, 15) is 0 Å². The number of aliphatic imine (C=N–C) groups is 1. The third-order valence-electron chi connectivity index (χ3n) is 4.52. The quantitative estimate of drug-likeness (QED) is 0.617. The Morgan fingerprint density at radius 2 is 1.96 bits per heavy atom. The Kier molecular flexibility index (Phi) is 7.30. The first-order valence-electron chi connectivity index (χ1n) is 8.68. The van der Waals surface area contributed by atoms with Crippen molar-refractivity contribution in [3.05, 3.63) is 15.6 Å². The third kappa shape index (κ3) is 6.11. The van der Waals surface area contributed by atoms with Gasteiger partial charge in [0.1, 0.15) is 0 Å². The second-order valence-corrected chi connectivity index (χ2v) is 7.74. The summed E-state index contributed by atoms with van der Waals surface area (Å²) in [4.78, 5) is 12.7. The molecule has 0 spiro atoms. The smallest absolute Gasteiger partial charge is 0.191 e. The van der Waals surface area contributed by atoms with Crippen LogP contribution in [0.4, 0.5) is 0 Å². The molecule has 0 saturated carbocycles. The Morgan fingerprint density at radius 1 is 1.26 bits per heavy atom. The highest BCUT2D eigenvalue weighted by Crippen LogP contribution is 2.16. The number of thiazole rings is 1. The number of aromatic nitrogens is 1. The van der Waals surface area contributed by atoms with Gasteiger partial charge in [0.15, 0.2) is 5.96 Å². The number of rotatable bonds is 6. The zero-order valence-electron chi connectivity index (χ0n) is 15.0. The summed E-state index contributed by atoms with van der Waals surface area (Å²) in [6, 6.07) is 0. The van der Waals surface area contributed by atoms with E-state index < -0.39 is 0 Å². The molecular weight excluding hydrogens is 306 g/mol. The molecule has 0 unspecified atom stereocenters. The summed E-state index contributed by atoms with van der Waals surface area (Å²) >= 11 is 1.79. The molecule has 23 heavy (non-hydrogen) atoms. The Balaban J connectivity index is 1.61. The lowest BCUT2D eigenvalue weighted by Crippen LogP contribution is -2.43. The number of hydrogen-bond acceptors (Lipinski definition) is 4. The molecule has 1 aromatic rings. The van der Waals surface area contributed by atoms with Crippen molar-refractivity contribution in [2.24, 2.45) is 10.9 Å². The molecule has 1 fully saturated rings. The number of nitrogens with one attached hydrogen (secondary N) is 2. The molecule has 1 aromatic heterocycles. The van der Waals surface area contributed by atoms with Gasteiger partial charge in [-0.1, -0.05) is 6.92 Å². The van der Waals surface area contributed by atoms with Gasteiger partial charge in [-0.15, -0.1) is 11.3 Å². The standard InChI is InChI=1S/C17H31N5S/c1-13-6-10-22(11-7-13)12-9-20-17(18-4)19-8-5-16-21-14(2)15(3)23-16/h13H,5-12H2,1-4H3,(H2,18,19,20). The van der Waals surface area contributed by atoms with Crippen molar-refractivity contribution in [3.63, 3.8) is 0 Å². The summed E-state index contributed by atoms with van der Waals surface area (Å²) in [6.45, 7) is 11.9. The molecule has 2 heterocycles. The van der Waals surface area contributed by atoms with Gasteiger partial charge in [-0.05, 0) is 45.7 Å². The fourth-order valence-electron chi connectivity index (χ4n) is 2.77. The van der Waals surface area contributed by atoms with Crippen LogP contribution in [0.2, 0.25) is 0 Å². The van der Waals surface area contributed by atoms with Crippen molar-refractivity contribution in [3.8, 4) is 0 Å². The van der Waals surface area contributed by atoms with Gasteiger partial charge in [0, 0.05) is 38.0 Å². The molecule has 2 rings (SSSR count). The van der Waals surface area contributed by atoms with E-state index in [2.05, 4.69) is 46.3 Å². The van der Waals surface area contributed by atoms with Crippen molar-refractivity contribution < 1.29 is 0 Å². The van der Waals surface area contributed by atoms with E-state index in [0.29, 0.717) is 0 Å². The first-order valence-corrected chi connectivity index (χ1v) is 9.50. The van der Waals surface area contributed by atoms with Crippen LogP contribution in [0.1, 0.15) is 35.3 Å². The Bertz CT molecular complexity index is 484. The van der Waals surface area contributed by atoms with Crippen molar-refractivity contribution in [2.75, 3.05) is 39.8 Å². The van der Waals surface area contributed by atoms with E-state index >= 15 is 0 Å². The topological polar surface area (TPSA) is 52.6 Å². The molecule has 6 heteroatoms. The van der Waals surface area contributed by atoms with E-state index in [-0.39, 0.29) is 0 Å². The molecule has 1 aliphatic rings. The first kappa shape index (κ1) is 18.2. The molecule has 0 amide bonds. The molecule has 0 radical (unpaired) electrons. The summed E-state index contributed by atoms with van der Waals surface area (Å²) < 4.78 is 0. The summed E-state index contributed by atoms with van der Waals surface area (Å²) in [5.74, 6) is 1.78. The maximum Gasteiger partial charge on any atom is 0.191 e. The van der Waals surface area contributed by atoms with E-state index in [1.165, 1.54) is 35.8 Å². The maximum atomic E-state index is 4.57. The van der Waals surface area contributed by atoms with Crippen LogP contribution in [0.25, 0.3) is 0 Å². The van der Waals surface area contributed by atoms with Crippen molar-refractivity contribution in [2.45, 2.75) is 40.0 Å². The third-order valence-corrected chi connectivity index (χ3v) is 5.66. The number of aryl methyl sites for hydroxylation is 2. The second kappa shape index (κ2) is 9.23. The van der Waals surface area contributed by atoms with Crippen LogP contribution < -0.4 is 10.6 Å². The van der Waals surface area contributed by atoms with Gasteiger partial charge in [0.2, 0.25) is 0 Å². The lowest BCUT2D eigenvalue weighted by atomic mass is 9.99. The predicted octanol–water partition coefficient (Wildman–Crippen LogP) is 2.20. The van der Waals surface area contributed by atoms with Crippen LogP contribution in [-0.4, -0.2) is 55.6 Å². The summed E-state index contributed by atoms with van der Waals surface area (Å²) in [5, 5.41) is 7.99. The van der Waals surface area contributed by atoms with Gasteiger partial charge in [-0.3, -0.25) is 4.99 Å². The number of hydrogen-bond donors (Lipinski definition) is 2. The molecule has 1 saturated heterocycles. The van der Waals surface area contributed by atoms with Crippen LogP contribution in [-0.2, 0) is 6.42 Å². The molecule has 0 aromatic carbocycles. The first-order chi connectivity index (χ1) is 11.1. The van der Waals surface area contributed by atoms with Crippen LogP contribution >= 0.6 is 11.3 Å². The predicted molar refractivity (Wildman–Crippen MR) is 99.5 cm³/mol. The van der Waals surface area contributed by atoms with E-state index in [1.54, 1.807) is 11.3 Å². The maximum absolute atomic E-state index is 4.57. The average Bonchev–Trinajstić information content (AvgIpc) is 2.86. The zero-order chi connectivity index (χ0) is 16.7. The van der Waals surface area contributed by atoms with Gasteiger partial charge in [-0.25, -0.2) is 4.98 Å². The van der Waals surface area contributed by atoms with Gasteiger partial charge in [0.25, 0.3) is 0 Å². The van der Waals surface area contributed by atoms with E-state index in [1.807, 2.05) is 7.05 Å². The van der Waals surface area contributed by atoms with Crippen LogP contribution in [0.3, 0.4) is 0 Å². The minimum Gasteiger partial charge on any atom is -0.356 e. The van der Waals surface area contributed by atoms with Crippen LogP contribution in [0.15, 0.2) is 4.99 Å². The number of guanidine groups is 1. The van der Waals surface area contributed by atoms with Crippen molar-refractivity contribution in [1.29, 1.82) is 0 Å². The van der Waals surface area contributed by atoms with Crippen LogP contribution in [0, 0.1) is 19.8 Å². The van der Waals surface area contributed by atoms with E-state index in [0.717, 1.165) is 43.6 Å². The second-order valence-electron chi connectivity index (χ2n) is 6.45. The SMILES string of the molecule is CN=C(NCCc1nc(C)c(C)s1)NCCN1CCC(C)CC1. The summed E-state index contributed by atoms with van der Waals surface area (Å²) in [5.41, 5.74) is 1.16. The minimum absolute atomic E-state index is 0.868. The zero-order valence-corrected chi connectivity index (χ0v) is 15.8. The average molecular weight is 338 g/mol. The molecule has 1 aliphatic heterocycles. The summed E-state index contributed by atoms with van der Waals surface area (Å²) in [6.07, 6.45) is 3.61. The molecule has 5 nitrogen and oxygen atoms in total. The lowest BCUT2D eigenvalue weighted by molar-refractivity contribution is 0.195. The number of likely N-dealkylation sites (tertiary alicyclic amines) is 1. The highest BCUT2D eigenvalue weighted by atomic mass is 32.1. The van der Waals surface area contributed by atoms with Gasteiger partial charge in [0.05, 0.1) is 10.7 Å². The molecule has 2 N–H and O–H groups in total. The molecule has 0 aliphatic carbocycles. The molecule has 0 atom stereocenters. The Hall–Kier alpha value is -1.14. The Morgan fingerprint density at radius 3 is 2.57 bits per heavy atom. The highest BCUT2D eigenvalue weighted by molar-refractivity contribution is 7.11. The summed E-state index contributed by atoms with van der Waals surface area (Å²) in [7, 11) is 1.83. The van der Waals surface area contributed by atoms with E-state index in [4.69, 9.17) is 0 Å². The van der Waals surface area contributed by atoms with Crippen molar-refractivity contribution >= 4 is 17.3 Å². The van der Waals surface area contributed by atoms with Crippen LogP contribution in [0.5, 0.6) is 0 Å². The molecule has 130 valence electrons. The molecular formula is C17H31N5S. The number of piperidine rings is 1. The van der Waals surface area contributed by atoms with Crippen molar-refractivity contribution in [1.82, 2.24) is 20.5 Å². The highest BCUT2D eigenvalue weighted by Gasteiger charge is 2.14. The van der Waals surface area contributed by atoms with Gasteiger partial charge < -0.3 is 15.5 Å². The monoisotopic (exact) mass is 337 g/mol. The number of nitrogens with zero attached hydrogens (tertiary/aromatic N) is 3. The largest absolute Gasteiger partial charge is 0.356 e. The fraction of sp³-hybridized carbons (Fsp3) is 0.765.